The molecule has 26 heavy (non-hydrogen) atoms. The van der Waals surface area contributed by atoms with Crippen LogP contribution in [0.3, 0.4) is 0 Å². The van der Waals surface area contributed by atoms with E-state index < -0.39 is 39.9 Å². The summed E-state index contributed by atoms with van der Waals surface area (Å²) in [6.45, 7) is 1.41. The third-order valence-electron chi connectivity index (χ3n) is 3.63. The van der Waals surface area contributed by atoms with Crippen LogP contribution >= 0.6 is 0 Å². The molecule has 132 valence electrons. The molecule has 4 aromatic rings. The first-order valence-electron chi connectivity index (χ1n) is 11.5. The van der Waals surface area contributed by atoms with Crippen molar-refractivity contribution in [1.82, 2.24) is 19.5 Å². The van der Waals surface area contributed by atoms with Crippen LogP contribution in [0.5, 0.6) is 5.75 Å². The second-order valence-corrected chi connectivity index (χ2v) is 6.35. The highest BCUT2D eigenvalue weighted by Gasteiger charge is 2.20. The topological polar surface area (TPSA) is 78.8 Å². The average molecular weight is 374 g/mol. The number of ether oxygens (including phenoxy) is 1. The minimum Gasteiger partial charge on any atom is -0.609 e. The summed E-state index contributed by atoms with van der Waals surface area (Å²) in [4.78, 5) is 8.38. The van der Waals surface area contributed by atoms with Crippen molar-refractivity contribution in [2.45, 2.75) is 17.8 Å². The van der Waals surface area contributed by atoms with Gasteiger partial charge in [-0.25, -0.2) is 0 Å². The number of methoxy groups -OCH3 is 1. The number of pyridine rings is 1. The molecule has 1 unspecified atom stereocenters. The van der Waals surface area contributed by atoms with E-state index in [1.807, 2.05) is 0 Å². The third kappa shape index (κ3) is 3.07. The lowest BCUT2D eigenvalue weighted by molar-refractivity contribution is 0.410. The van der Waals surface area contributed by atoms with E-state index in [0.29, 0.717) is 4.98 Å². The minimum atomic E-state index is -2.77. The van der Waals surface area contributed by atoms with Gasteiger partial charge in [0.05, 0.1) is 33.4 Å². The molecule has 1 N–H and O–H groups in total. The highest BCUT2D eigenvalue weighted by Crippen LogP contribution is 2.24. The van der Waals surface area contributed by atoms with Crippen LogP contribution in [-0.4, -0.2) is 31.2 Å². The van der Waals surface area contributed by atoms with Gasteiger partial charge in [0.25, 0.3) is 0 Å². The van der Waals surface area contributed by atoms with Crippen molar-refractivity contribution >= 4 is 22.2 Å². The Balaban J connectivity index is 1.93. The second-order valence-electron chi connectivity index (χ2n) is 5.24. The molecule has 0 aliphatic rings. The van der Waals surface area contributed by atoms with Crippen molar-refractivity contribution in [3.05, 3.63) is 66.1 Å². The van der Waals surface area contributed by atoms with Gasteiger partial charge in [-0.1, -0.05) is 0 Å². The standard InChI is InChI=1S/C19H18N4O2S/c1-13-17(20-8-7-18(13)25-2)12-26(24)19-21-15-6-5-14(11-16(15)22-19)23-9-3-4-10-23/h3-11H,12H2,1-2H3,(H,21,22)/i5D,6D,7D,8D,11D,12D2/hD. The Labute approximate surface area is 165 Å². The van der Waals surface area contributed by atoms with E-state index in [1.165, 1.54) is 18.6 Å². The highest BCUT2D eigenvalue weighted by molar-refractivity contribution is 7.90. The molecule has 0 aliphatic carbocycles. The molecular weight excluding hydrogens is 348 g/mol. The quantitative estimate of drug-likeness (QED) is 0.543. The molecule has 0 saturated heterocycles. The number of nitrogens with one attached hydrogen (secondary N) is 1. The van der Waals surface area contributed by atoms with Gasteiger partial charge in [-0.3, -0.25) is 9.96 Å². The Morgan fingerprint density at radius 1 is 1.38 bits per heavy atom. The zero-order valence-corrected chi connectivity index (χ0v) is 14.6. The van der Waals surface area contributed by atoms with Crippen molar-refractivity contribution in [1.29, 1.82) is 0 Å². The summed E-state index contributed by atoms with van der Waals surface area (Å²) in [6, 6.07) is 1.96. The van der Waals surface area contributed by atoms with Gasteiger partial charge < -0.3 is 13.9 Å². The van der Waals surface area contributed by atoms with E-state index in [2.05, 4.69) is 9.97 Å². The van der Waals surface area contributed by atoms with Gasteiger partial charge in [0.15, 0.2) is 7.12 Å². The monoisotopic (exact) mass is 374 g/mol. The van der Waals surface area contributed by atoms with Crippen molar-refractivity contribution in [2.75, 3.05) is 7.11 Å². The fourth-order valence-electron chi connectivity index (χ4n) is 2.31. The number of aromatic nitrogens is 4. The lowest BCUT2D eigenvalue weighted by atomic mass is 10.2. The van der Waals surface area contributed by atoms with E-state index in [0.717, 1.165) is 0 Å². The van der Waals surface area contributed by atoms with Gasteiger partial charge in [-0.15, -0.1) is 0 Å². The molecule has 0 aliphatic heterocycles. The molecule has 6 nitrogen and oxygen atoms in total. The van der Waals surface area contributed by atoms with Crippen molar-refractivity contribution in [3.63, 3.8) is 0 Å². The first kappa shape index (κ1) is 9.80. The average Bonchev–Trinajstić information content (AvgIpc) is 3.43. The number of hydrogen-bond acceptors (Lipinski definition) is 4. The number of benzene rings is 1. The Morgan fingerprint density at radius 3 is 2.96 bits per heavy atom. The van der Waals surface area contributed by atoms with Crippen molar-refractivity contribution in [3.8, 4) is 11.4 Å². The number of fused-ring (bicyclic) bond motifs is 1. The van der Waals surface area contributed by atoms with Gasteiger partial charge >= 0.3 is 5.16 Å². The van der Waals surface area contributed by atoms with Crippen LogP contribution in [0.2, 0.25) is 1.41 Å². The lowest BCUT2D eigenvalue weighted by Gasteiger charge is -2.10. The zero-order valence-electron chi connectivity index (χ0n) is 21.8. The van der Waals surface area contributed by atoms with Crippen LogP contribution in [-0.2, 0) is 16.9 Å². The summed E-state index contributed by atoms with van der Waals surface area (Å²) < 4.78 is 86.2. The lowest BCUT2D eigenvalue weighted by Crippen LogP contribution is -2.10. The van der Waals surface area contributed by atoms with Gasteiger partial charge in [-0.05, 0) is 43.2 Å². The molecule has 0 radical (unpaired) electrons. The van der Waals surface area contributed by atoms with Crippen LogP contribution in [0.25, 0.3) is 16.7 Å². The molecular formula is C19H18N4O2S. The van der Waals surface area contributed by atoms with Gasteiger partial charge in [0.2, 0.25) is 0 Å². The molecule has 0 fully saturated rings. The first-order valence-corrected chi connectivity index (χ1v) is 8.67. The molecule has 7 heteroatoms. The Bertz CT molecular complexity index is 1420. The molecule has 3 heterocycles. The molecule has 1 aromatic carbocycles. The van der Waals surface area contributed by atoms with E-state index in [9.17, 15) is 4.55 Å². The second kappa shape index (κ2) is 6.86. The highest BCUT2D eigenvalue weighted by atomic mass is 32.2. The third-order valence-corrected chi connectivity index (χ3v) is 4.52. The summed E-state index contributed by atoms with van der Waals surface area (Å²) in [5, 5.41) is -0.590. The molecule has 0 amide bonds. The summed E-state index contributed by atoms with van der Waals surface area (Å²) in [5.74, 6) is -0.0904. The SMILES string of the molecule is [2H]c1nc(C([2H])([2H])[S+]([O-])c2nc3c([2H])c(-n4cccc4)c([2H])c([2H])c3n2[2H])c(C)c(OC)c1[2H]. The summed E-state index contributed by atoms with van der Waals surface area (Å²) in [7, 11) is 1.26. The van der Waals surface area contributed by atoms with Gasteiger partial charge in [-0.2, -0.15) is 4.98 Å². The fourth-order valence-corrected chi connectivity index (χ4v) is 3.12. The summed E-state index contributed by atoms with van der Waals surface area (Å²) >= 11 is -2.69. The van der Waals surface area contributed by atoms with E-state index in [4.69, 9.17) is 15.7 Å². The Kier molecular flexibility index (Phi) is 2.58. The van der Waals surface area contributed by atoms with Crippen LogP contribution in [0.1, 0.15) is 20.9 Å². The van der Waals surface area contributed by atoms with Gasteiger partial charge in [0, 0.05) is 41.0 Å². The number of H-pyrrole nitrogens is 1. The number of imidazole rings is 1. The van der Waals surface area contributed by atoms with Crippen LogP contribution in [0, 0.1) is 6.92 Å². The molecule has 0 saturated carbocycles. The minimum absolute atomic E-state index is 0.0491. The maximum Gasteiger partial charge on any atom is 0.322 e. The smallest absolute Gasteiger partial charge is 0.322 e. The normalized spacial score (nSPS) is 17.3. The summed E-state index contributed by atoms with van der Waals surface area (Å²) in [6.07, 6.45) is 2.60. The number of nitrogens with zero attached hydrogens (tertiary/aromatic N) is 3. The van der Waals surface area contributed by atoms with Gasteiger partial charge in [0.1, 0.15) is 5.75 Å². The maximum absolute atomic E-state index is 13.4. The number of hydrogen-bond donors (Lipinski definition) is 1. The summed E-state index contributed by atoms with van der Waals surface area (Å²) in [5.41, 5.74) is -3.49. The molecule has 1 atom stereocenters. The first-order chi connectivity index (χ1) is 15.9. The fraction of sp³-hybridized carbons (Fsp3) is 0.158. The van der Waals surface area contributed by atoms with Crippen LogP contribution < -0.4 is 4.74 Å². The largest absolute Gasteiger partial charge is 0.609 e. The number of aromatic amines is 1. The van der Waals surface area contributed by atoms with Crippen LogP contribution in [0.4, 0.5) is 0 Å². The molecule has 0 spiro atoms. The molecule has 3 aromatic heterocycles. The van der Waals surface area contributed by atoms with E-state index in [1.54, 1.807) is 24.5 Å². The maximum atomic E-state index is 13.4. The molecule has 4 rings (SSSR count). The number of rotatable bonds is 5. The van der Waals surface area contributed by atoms with E-state index >= 15 is 0 Å². The predicted octanol–water partition coefficient (Wildman–Crippen LogP) is 3.37. The van der Waals surface area contributed by atoms with E-state index in [-0.39, 0.29) is 46.2 Å². The Morgan fingerprint density at radius 2 is 2.19 bits per heavy atom. The zero-order chi connectivity index (χ0) is 25.1. The Hall–Kier alpha value is -2.77. The van der Waals surface area contributed by atoms with Crippen molar-refractivity contribution < 1.29 is 20.3 Å². The van der Waals surface area contributed by atoms with Crippen molar-refractivity contribution in [2.24, 2.45) is 0 Å². The van der Waals surface area contributed by atoms with Crippen LogP contribution in [0.15, 0.2) is 60.0 Å². The molecule has 0 bridgehead atoms. The predicted molar refractivity (Wildman–Crippen MR) is 101 cm³/mol.